The number of piperazine rings is 1. The molecule has 1 fully saturated rings. The number of nitrogens with two attached hydrogens (primary N) is 1. The smallest absolute Gasteiger partial charge is 0.316 e. The summed E-state index contributed by atoms with van der Waals surface area (Å²) in [6.45, 7) is 5.58. The topological polar surface area (TPSA) is 91.1 Å². The summed E-state index contributed by atoms with van der Waals surface area (Å²) in [4.78, 5) is 15.4. The number of halogens is 1. The van der Waals surface area contributed by atoms with E-state index in [4.69, 9.17) is 22.1 Å². The highest BCUT2D eigenvalue weighted by molar-refractivity contribution is 6.30. The van der Waals surface area contributed by atoms with E-state index in [2.05, 4.69) is 22.0 Å². The average molecular weight is 419 g/mol. The van der Waals surface area contributed by atoms with Gasteiger partial charge in [-0.25, -0.2) is 4.79 Å². The third-order valence-corrected chi connectivity index (χ3v) is 5.22. The molecule has 4 N–H and O–H groups in total. The number of carbonyl (C=O) groups excluding carboxylic acids is 1. The van der Waals surface area contributed by atoms with Crippen molar-refractivity contribution >= 4 is 29.0 Å². The molecule has 2 unspecified atom stereocenters. The number of amides is 2. The lowest BCUT2D eigenvalue weighted by Gasteiger charge is -2.41. The molecule has 2 aromatic rings. The van der Waals surface area contributed by atoms with E-state index in [0.29, 0.717) is 24.0 Å². The number of β-amino-alcohol motifs (C(OH)–C–C–N with tert-alkyl or cyclic N) is 1. The molecule has 1 heterocycles. The van der Waals surface area contributed by atoms with E-state index in [1.54, 1.807) is 24.3 Å². The fourth-order valence-electron chi connectivity index (χ4n) is 3.45. The number of primary amides is 1. The number of aliphatic hydroxyl groups excluding tert-OH is 1. The third kappa shape index (κ3) is 6.25. The predicted molar refractivity (Wildman–Crippen MR) is 116 cm³/mol. The predicted octanol–water partition coefficient (Wildman–Crippen LogP) is 2.78. The molecule has 2 atom stereocenters. The van der Waals surface area contributed by atoms with Crippen molar-refractivity contribution in [1.82, 2.24) is 4.90 Å². The number of aliphatic hydroxyl groups is 1. The SMILES string of the molecule is CC1CN(c2ccc(Cl)cc2)CCN1CC(O)COc1ccc(NC(N)=O)cc1. The third-order valence-electron chi connectivity index (χ3n) is 4.97. The first kappa shape index (κ1) is 21.2. The maximum atomic E-state index is 10.8. The van der Waals surface area contributed by atoms with Gasteiger partial charge in [0.2, 0.25) is 0 Å². The summed E-state index contributed by atoms with van der Waals surface area (Å²) < 4.78 is 5.66. The molecule has 2 aromatic carbocycles. The number of benzene rings is 2. The number of carbonyl (C=O) groups is 1. The van der Waals surface area contributed by atoms with Crippen molar-refractivity contribution in [3.63, 3.8) is 0 Å². The molecule has 1 aliphatic heterocycles. The zero-order valence-corrected chi connectivity index (χ0v) is 17.2. The molecule has 7 nitrogen and oxygen atoms in total. The molecular formula is C21H27ClN4O3. The number of anilines is 2. The van der Waals surface area contributed by atoms with Gasteiger partial charge in [0.15, 0.2) is 0 Å². The summed E-state index contributed by atoms with van der Waals surface area (Å²) >= 11 is 5.97. The lowest BCUT2D eigenvalue weighted by atomic mass is 10.1. The van der Waals surface area contributed by atoms with E-state index in [1.165, 1.54) is 5.69 Å². The Balaban J connectivity index is 1.44. The Morgan fingerprint density at radius 3 is 2.55 bits per heavy atom. The Morgan fingerprint density at radius 1 is 1.24 bits per heavy atom. The quantitative estimate of drug-likeness (QED) is 0.643. The van der Waals surface area contributed by atoms with E-state index < -0.39 is 12.1 Å². The molecule has 3 rings (SSSR count). The van der Waals surface area contributed by atoms with Crippen molar-refractivity contribution in [2.75, 3.05) is 43.0 Å². The van der Waals surface area contributed by atoms with Crippen molar-refractivity contribution in [3.05, 3.63) is 53.6 Å². The Bertz CT molecular complexity index is 801. The fourth-order valence-corrected chi connectivity index (χ4v) is 3.57. The second-order valence-corrected chi connectivity index (χ2v) is 7.68. The minimum Gasteiger partial charge on any atom is -0.491 e. The van der Waals surface area contributed by atoms with Gasteiger partial charge in [-0.05, 0) is 55.5 Å². The summed E-state index contributed by atoms with van der Waals surface area (Å²) in [5.74, 6) is 0.625. The van der Waals surface area contributed by atoms with Gasteiger partial charge in [0, 0.05) is 48.6 Å². The number of nitrogens with one attached hydrogen (secondary N) is 1. The second kappa shape index (κ2) is 9.82. The highest BCUT2D eigenvalue weighted by Gasteiger charge is 2.25. The van der Waals surface area contributed by atoms with Crippen LogP contribution in [0, 0.1) is 0 Å². The summed E-state index contributed by atoms with van der Waals surface area (Å²) in [6, 6.07) is 14.4. The average Bonchev–Trinajstić information content (AvgIpc) is 2.69. The first-order valence-electron chi connectivity index (χ1n) is 9.62. The zero-order valence-electron chi connectivity index (χ0n) is 16.4. The lowest BCUT2D eigenvalue weighted by Crippen LogP contribution is -2.54. The Kier molecular flexibility index (Phi) is 7.19. The Labute approximate surface area is 176 Å². The molecule has 0 aliphatic carbocycles. The van der Waals surface area contributed by atoms with Crippen molar-refractivity contribution in [2.24, 2.45) is 5.73 Å². The van der Waals surface area contributed by atoms with Crippen LogP contribution in [0.5, 0.6) is 5.75 Å². The highest BCUT2D eigenvalue weighted by Crippen LogP contribution is 2.22. The fraction of sp³-hybridized carbons (Fsp3) is 0.381. The number of urea groups is 1. The molecule has 156 valence electrons. The minimum atomic E-state index is -0.612. The summed E-state index contributed by atoms with van der Waals surface area (Å²) in [5, 5.41) is 13.6. The molecule has 0 radical (unpaired) electrons. The van der Waals surface area contributed by atoms with Gasteiger partial charge in [0.1, 0.15) is 18.5 Å². The van der Waals surface area contributed by atoms with Crippen LogP contribution in [-0.4, -0.2) is 61.0 Å². The number of nitrogens with zero attached hydrogens (tertiary/aromatic N) is 2. The zero-order chi connectivity index (χ0) is 20.8. The summed E-state index contributed by atoms with van der Waals surface area (Å²) in [6.07, 6.45) is -0.594. The van der Waals surface area contributed by atoms with Gasteiger partial charge in [-0.2, -0.15) is 0 Å². The van der Waals surface area contributed by atoms with E-state index >= 15 is 0 Å². The van der Waals surface area contributed by atoms with Gasteiger partial charge < -0.3 is 25.8 Å². The van der Waals surface area contributed by atoms with Crippen LogP contribution in [0.1, 0.15) is 6.92 Å². The molecule has 1 saturated heterocycles. The summed E-state index contributed by atoms with van der Waals surface area (Å²) in [7, 11) is 0. The molecule has 1 aliphatic rings. The molecule has 2 amide bonds. The first-order valence-corrected chi connectivity index (χ1v) is 10.0. The van der Waals surface area contributed by atoms with Gasteiger partial charge in [0.05, 0.1) is 0 Å². The van der Waals surface area contributed by atoms with Crippen LogP contribution >= 0.6 is 11.6 Å². The standard InChI is InChI=1S/C21H27ClN4O3/c1-15-12-26(18-6-2-16(22)3-7-18)11-10-25(15)13-19(27)14-29-20-8-4-17(5-9-20)24-21(23)28/h2-9,15,19,27H,10-14H2,1H3,(H3,23,24,28). The van der Waals surface area contributed by atoms with Gasteiger partial charge in [-0.3, -0.25) is 4.90 Å². The van der Waals surface area contributed by atoms with Crippen LogP contribution in [0.25, 0.3) is 0 Å². The maximum Gasteiger partial charge on any atom is 0.316 e. The van der Waals surface area contributed by atoms with Crippen molar-refractivity contribution in [1.29, 1.82) is 0 Å². The normalized spacial score (nSPS) is 18.3. The van der Waals surface area contributed by atoms with E-state index in [1.807, 2.05) is 24.3 Å². The van der Waals surface area contributed by atoms with Crippen LogP contribution in [0.4, 0.5) is 16.2 Å². The van der Waals surface area contributed by atoms with E-state index in [9.17, 15) is 9.90 Å². The molecule has 29 heavy (non-hydrogen) atoms. The van der Waals surface area contributed by atoms with Crippen LogP contribution in [0.2, 0.25) is 5.02 Å². The van der Waals surface area contributed by atoms with E-state index in [0.717, 1.165) is 24.7 Å². The van der Waals surface area contributed by atoms with E-state index in [-0.39, 0.29) is 6.61 Å². The van der Waals surface area contributed by atoms with Crippen LogP contribution in [0.15, 0.2) is 48.5 Å². The van der Waals surface area contributed by atoms with Gasteiger partial charge >= 0.3 is 6.03 Å². The molecule has 0 bridgehead atoms. The highest BCUT2D eigenvalue weighted by atomic mass is 35.5. The number of rotatable bonds is 7. The second-order valence-electron chi connectivity index (χ2n) is 7.24. The Morgan fingerprint density at radius 2 is 1.93 bits per heavy atom. The molecule has 0 spiro atoms. The first-order chi connectivity index (χ1) is 13.9. The van der Waals surface area contributed by atoms with Gasteiger partial charge in [-0.1, -0.05) is 11.6 Å². The van der Waals surface area contributed by atoms with Crippen molar-refractivity contribution in [2.45, 2.75) is 19.1 Å². The summed E-state index contributed by atoms with van der Waals surface area (Å²) in [5.41, 5.74) is 6.84. The lowest BCUT2D eigenvalue weighted by molar-refractivity contribution is 0.0512. The minimum absolute atomic E-state index is 0.201. The number of ether oxygens (including phenoxy) is 1. The van der Waals surface area contributed by atoms with Crippen LogP contribution < -0.4 is 20.7 Å². The monoisotopic (exact) mass is 418 g/mol. The number of hydrogen-bond donors (Lipinski definition) is 3. The van der Waals surface area contributed by atoms with Crippen molar-refractivity contribution < 1.29 is 14.6 Å². The van der Waals surface area contributed by atoms with Crippen molar-refractivity contribution in [3.8, 4) is 5.75 Å². The Hall–Kier alpha value is -2.48. The van der Waals surface area contributed by atoms with Gasteiger partial charge in [-0.15, -0.1) is 0 Å². The van der Waals surface area contributed by atoms with Crippen LogP contribution in [-0.2, 0) is 0 Å². The molecular weight excluding hydrogens is 392 g/mol. The molecule has 8 heteroatoms. The van der Waals surface area contributed by atoms with Crippen LogP contribution in [0.3, 0.4) is 0 Å². The van der Waals surface area contributed by atoms with Gasteiger partial charge in [0.25, 0.3) is 0 Å². The molecule has 0 saturated carbocycles. The maximum absolute atomic E-state index is 10.8. The molecule has 0 aromatic heterocycles. The largest absolute Gasteiger partial charge is 0.491 e. The number of hydrogen-bond acceptors (Lipinski definition) is 5.